The molecule has 7 nitrogen and oxygen atoms in total. The lowest BCUT2D eigenvalue weighted by molar-refractivity contribution is 0.0300. The van der Waals surface area contributed by atoms with Crippen molar-refractivity contribution in [3.63, 3.8) is 0 Å². The highest BCUT2D eigenvalue weighted by molar-refractivity contribution is 7.80. The number of hydrogen-bond acceptors (Lipinski definition) is 7. The summed E-state index contributed by atoms with van der Waals surface area (Å²) in [6.07, 6.45) is -0.0774. The van der Waals surface area contributed by atoms with Gasteiger partial charge in [-0.2, -0.15) is 12.6 Å². The zero-order chi connectivity index (χ0) is 14.4. The number of hydrogen-bond donors (Lipinski definition) is 4. The molecule has 1 aliphatic rings. The fourth-order valence-corrected chi connectivity index (χ4v) is 2.73. The fraction of sp³-hybridized carbons (Fsp3) is 0.364. The van der Waals surface area contributed by atoms with Crippen molar-refractivity contribution in [1.82, 2.24) is 19.5 Å². The van der Waals surface area contributed by atoms with E-state index in [4.69, 9.17) is 5.73 Å². The third-order valence-electron chi connectivity index (χ3n) is 3.43. The van der Waals surface area contributed by atoms with Gasteiger partial charge in [0.15, 0.2) is 11.5 Å². The van der Waals surface area contributed by atoms with E-state index >= 15 is 0 Å². The molecule has 3 rings (SSSR count). The second-order valence-corrected chi connectivity index (χ2v) is 4.81. The normalized spacial score (nSPS) is 26.7. The molecule has 0 saturated heterocycles. The molecule has 2 aromatic rings. The number of aliphatic hydroxyl groups is 2. The lowest BCUT2D eigenvalue weighted by Gasteiger charge is -2.18. The van der Waals surface area contributed by atoms with Gasteiger partial charge in [0.05, 0.1) is 6.33 Å². The standard InChI is InChI=1S/C11H12FN5O2S/c12-5-4(1-20)8(18)9(19)7(5)17-3-16-6-10(13)14-2-15-11(6)17/h2-3,7-9,18-20H,1H2,(H2,13,14,15)/t7-,8-,9+/m1/s1. The Morgan fingerprint density at radius 3 is 2.75 bits per heavy atom. The summed E-state index contributed by atoms with van der Waals surface area (Å²) in [4.78, 5) is 11.8. The maximum Gasteiger partial charge on any atom is 0.166 e. The van der Waals surface area contributed by atoms with Gasteiger partial charge in [-0.05, 0) is 0 Å². The Kier molecular flexibility index (Phi) is 3.11. The van der Waals surface area contributed by atoms with Gasteiger partial charge < -0.3 is 20.5 Å². The first-order valence-corrected chi connectivity index (χ1v) is 6.48. The Bertz CT molecular complexity index is 703. The van der Waals surface area contributed by atoms with Crippen molar-refractivity contribution in [2.24, 2.45) is 0 Å². The number of aromatic nitrogens is 4. The molecule has 1 aliphatic carbocycles. The summed E-state index contributed by atoms with van der Waals surface area (Å²) in [7, 11) is 0. The number of thiol groups is 1. The van der Waals surface area contributed by atoms with E-state index in [0.717, 1.165) is 0 Å². The van der Waals surface area contributed by atoms with E-state index in [1.165, 1.54) is 17.2 Å². The molecular formula is C11H12FN5O2S. The fourth-order valence-electron chi connectivity index (χ4n) is 2.39. The molecule has 20 heavy (non-hydrogen) atoms. The predicted molar refractivity (Wildman–Crippen MR) is 72.8 cm³/mol. The third kappa shape index (κ3) is 1.70. The smallest absolute Gasteiger partial charge is 0.166 e. The van der Waals surface area contributed by atoms with Crippen LogP contribution in [0.2, 0.25) is 0 Å². The van der Waals surface area contributed by atoms with E-state index in [-0.39, 0.29) is 17.1 Å². The summed E-state index contributed by atoms with van der Waals surface area (Å²) >= 11 is 3.96. The monoisotopic (exact) mass is 297 g/mol. The minimum atomic E-state index is -1.33. The zero-order valence-corrected chi connectivity index (χ0v) is 11.1. The topological polar surface area (TPSA) is 110 Å². The van der Waals surface area contributed by atoms with Gasteiger partial charge in [-0.25, -0.2) is 19.3 Å². The molecule has 0 amide bonds. The van der Waals surface area contributed by atoms with Crippen LogP contribution in [0.5, 0.6) is 0 Å². The van der Waals surface area contributed by atoms with Gasteiger partial charge >= 0.3 is 0 Å². The van der Waals surface area contributed by atoms with E-state index in [0.29, 0.717) is 11.2 Å². The van der Waals surface area contributed by atoms with Crippen LogP contribution in [0.4, 0.5) is 10.2 Å². The van der Waals surface area contributed by atoms with Gasteiger partial charge in [-0.1, -0.05) is 0 Å². The first-order chi connectivity index (χ1) is 9.56. The molecule has 0 unspecified atom stereocenters. The first kappa shape index (κ1) is 13.3. The average Bonchev–Trinajstić information content (AvgIpc) is 2.92. The van der Waals surface area contributed by atoms with Gasteiger partial charge in [0.1, 0.15) is 35.9 Å². The summed E-state index contributed by atoms with van der Waals surface area (Å²) in [5.41, 5.74) is 6.34. The lowest BCUT2D eigenvalue weighted by atomic mass is 10.1. The molecule has 2 aromatic heterocycles. The van der Waals surface area contributed by atoms with E-state index in [1.54, 1.807) is 0 Å². The van der Waals surface area contributed by atoms with Crippen LogP contribution in [-0.2, 0) is 0 Å². The molecule has 0 radical (unpaired) electrons. The molecule has 0 aromatic carbocycles. The van der Waals surface area contributed by atoms with Gasteiger partial charge in [-0.15, -0.1) is 0 Å². The van der Waals surface area contributed by atoms with Crippen molar-refractivity contribution in [1.29, 1.82) is 0 Å². The number of imidazole rings is 1. The van der Waals surface area contributed by atoms with Gasteiger partial charge in [0.2, 0.25) is 0 Å². The highest BCUT2D eigenvalue weighted by atomic mass is 32.1. The Hall–Kier alpha value is -1.71. The maximum atomic E-state index is 14.3. The van der Waals surface area contributed by atoms with Crippen LogP contribution in [0.1, 0.15) is 6.04 Å². The second-order valence-electron chi connectivity index (χ2n) is 4.49. The number of nitrogen functional groups attached to an aromatic ring is 1. The van der Waals surface area contributed by atoms with Crippen molar-refractivity contribution in [2.75, 3.05) is 11.5 Å². The van der Waals surface area contributed by atoms with Crippen molar-refractivity contribution < 1.29 is 14.6 Å². The molecule has 0 fully saturated rings. The van der Waals surface area contributed by atoms with E-state index in [2.05, 4.69) is 27.6 Å². The largest absolute Gasteiger partial charge is 0.387 e. The van der Waals surface area contributed by atoms with Crippen LogP contribution in [0.25, 0.3) is 11.2 Å². The highest BCUT2D eigenvalue weighted by Gasteiger charge is 2.43. The number of nitrogens with zero attached hydrogens (tertiary/aromatic N) is 4. The number of aliphatic hydroxyl groups excluding tert-OH is 2. The van der Waals surface area contributed by atoms with Crippen LogP contribution >= 0.6 is 12.6 Å². The van der Waals surface area contributed by atoms with Crippen LogP contribution in [0, 0.1) is 0 Å². The molecule has 106 valence electrons. The molecule has 0 spiro atoms. The molecule has 0 bridgehead atoms. The summed E-state index contributed by atoms with van der Waals surface area (Å²) in [5, 5.41) is 19.9. The average molecular weight is 297 g/mol. The summed E-state index contributed by atoms with van der Waals surface area (Å²) < 4.78 is 15.7. The number of nitrogens with two attached hydrogens (primary N) is 1. The zero-order valence-electron chi connectivity index (χ0n) is 10.2. The molecule has 2 heterocycles. The Labute approximate surface area is 118 Å². The van der Waals surface area contributed by atoms with Gasteiger partial charge in [-0.3, -0.25) is 0 Å². The molecule has 0 saturated carbocycles. The quantitative estimate of drug-likeness (QED) is 0.573. The SMILES string of the molecule is Nc1ncnc2c1ncn2[C@@H]1C(F)=C(CS)[C@@H](O)[C@H]1O. The Balaban J connectivity index is 2.17. The van der Waals surface area contributed by atoms with Crippen LogP contribution in [-0.4, -0.2) is 47.7 Å². The van der Waals surface area contributed by atoms with Crippen molar-refractivity contribution in [3.8, 4) is 0 Å². The van der Waals surface area contributed by atoms with E-state index in [1.807, 2.05) is 0 Å². The van der Waals surface area contributed by atoms with E-state index < -0.39 is 24.1 Å². The maximum absolute atomic E-state index is 14.3. The summed E-state index contributed by atoms with van der Waals surface area (Å²) in [5.74, 6) is -0.443. The molecule has 4 N–H and O–H groups in total. The van der Waals surface area contributed by atoms with Crippen LogP contribution in [0.15, 0.2) is 24.1 Å². The van der Waals surface area contributed by atoms with Gasteiger partial charge in [0.25, 0.3) is 0 Å². The summed E-state index contributed by atoms with van der Waals surface area (Å²) in [6, 6.07) is -1.09. The minimum absolute atomic E-state index is 0.0182. The van der Waals surface area contributed by atoms with Crippen molar-refractivity contribution >= 4 is 29.6 Å². The number of halogens is 1. The number of fused-ring (bicyclic) bond motifs is 1. The van der Waals surface area contributed by atoms with Crippen molar-refractivity contribution in [3.05, 3.63) is 24.1 Å². The predicted octanol–water partition coefficient (Wildman–Crippen LogP) is -0.162. The number of anilines is 1. The molecule has 0 aliphatic heterocycles. The second kappa shape index (κ2) is 4.69. The number of rotatable bonds is 2. The Morgan fingerprint density at radius 1 is 1.35 bits per heavy atom. The molecular weight excluding hydrogens is 285 g/mol. The lowest BCUT2D eigenvalue weighted by Crippen LogP contribution is -2.30. The highest BCUT2D eigenvalue weighted by Crippen LogP contribution is 2.39. The van der Waals surface area contributed by atoms with Crippen LogP contribution < -0.4 is 5.73 Å². The third-order valence-corrected chi connectivity index (χ3v) is 3.77. The van der Waals surface area contributed by atoms with Crippen molar-refractivity contribution in [2.45, 2.75) is 18.2 Å². The van der Waals surface area contributed by atoms with E-state index in [9.17, 15) is 14.6 Å². The molecule has 3 atom stereocenters. The minimum Gasteiger partial charge on any atom is -0.387 e. The Morgan fingerprint density at radius 2 is 2.10 bits per heavy atom. The van der Waals surface area contributed by atoms with Gasteiger partial charge in [0, 0.05) is 11.3 Å². The molecule has 9 heteroatoms. The first-order valence-electron chi connectivity index (χ1n) is 5.84. The van der Waals surface area contributed by atoms with Crippen LogP contribution in [0.3, 0.4) is 0 Å². The summed E-state index contributed by atoms with van der Waals surface area (Å²) in [6.45, 7) is 0.